The lowest BCUT2D eigenvalue weighted by Gasteiger charge is -2.24. The molecule has 1 N–H and O–H groups in total. The van der Waals surface area contributed by atoms with Crippen molar-refractivity contribution in [3.05, 3.63) is 64.7 Å². The van der Waals surface area contributed by atoms with Crippen LogP contribution in [0.15, 0.2) is 48.5 Å². The molecule has 0 saturated heterocycles. The van der Waals surface area contributed by atoms with Crippen molar-refractivity contribution in [3.8, 4) is 0 Å². The second-order valence-corrected chi connectivity index (χ2v) is 10.2. The molecule has 1 amide bonds. The highest BCUT2D eigenvalue weighted by molar-refractivity contribution is 7.92. The van der Waals surface area contributed by atoms with Crippen LogP contribution in [0.2, 0.25) is 5.02 Å². The Morgan fingerprint density at radius 1 is 1.11 bits per heavy atom. The van der Waals surface area contributed by atoms with Gasteiger partial charge < -0.3 is 5.32 Å². The molecule has 1 atom stereocenters. The number of carbonyl (C=O) groups excluding carboxylic acids is 1. The zero-order valence-electron chi connectivity index (χ0n) is 16.9. The van der Waals surface area contributed by atoms with E-state index in [2.05, 4.69) is 26.1 Å². The summed E-state index contributed by atoms with van der Waals surface area (Å²) in [5.41, 5.74) is 2.49. The minimum absolute atomic E-state index is 0.0515. The van der Waals surface area contributed by atoms with Crippen LogP contribution in [0, 0.1) is 0 Å². The lowest BCUT2D eigenvalue weighted by atomic mass is 9.86. The Morgan fingerprint density at radius 3 is 2.18 bits per heavy atom. The van der Waals surface area contributed by atoms with Gasteiger partial charge in [-0.3, -0.25) is 9.10 Å². The Morgan fingerprint density at radius 2 is 1.68 bits per heavy atom. The normalized spacial score (nSPS) is 13.1. The number of para-hydroxylation sites is 1. The van der Waals surface area contributed by atoms with E-state index < -0.39 is 15.9 Å². The molecule has 0 spiro atoms. The van der Waals surface area contributed by atoms with E-state index in [0.29, 0.717) is 0 Å². The molecule has 0 aliphatic carbocycles. The number of anilines is 1. The second kappa shape index (κ2) is 8.53. The van der Waals surface area contributed by atoms with Crippen molar-refractivity contribution in [2.24, 2.45) is 0 Å². The topological polar surface area (TPSA) is 66.5 Å². The molecule has 0 aliphatic rings. The van der Waals surface area contributed by atoms with Crippen molar-refractivity contribution in [2.75, 3.05) is 17.1 Å². The number of hydrogen-bond donors (Lipinski definition) is 1. The van der Waals surface area contributed by atoms with Gasteiger partial charge in [0.2, 0.25) is 15.9 Å². The molecule has 2 rings (SSSR count). The molecular formula is C21H27ClN2O3S. The van der Waals surface area contributed by atoms with Crippen molar-refractivity contribution in [2.45, 2.75) is 39.2 Å². The maximum absolute atomic E-state index is 12.5. The van der Waals surface area contributed by atoms with E-state index in [-0.39, 0.29) is 28.7 Å². The van der Waals surface area contributed by atoms with Gasteiger partial charge in [0.15, 0.2) is 0 Å². The van der Waals surface area contributed by atoms with Gasteiger partial charge >= 0.3 is 0 Å². The molecule has 0 fully saturated rings. The van der Waals surface area contributed by atoms with Crippen LogP contribution in [0.25, 0.3) is 0 Å². The molecule has 5 nitrogen and oxygen atoms in total. The third-order valence-corrected chi connectivity index (χ3v) is 5.91. The van der Waals surface area contributed by atoms with Crippen LogP contribution in [0.5, 0.6) is 0 Å². The molecule has 2 aromatic carbocycles. The van der Waals surface area contributed by atoms with E-state index in [9.17, 15) is 13.2 Å². The number of sulfonamides is 1. The van der Waals surface area contributed by atoms with Gasteiger partial charge in [0.1, 0.15) is 6.54 Å². The summed E-state index contributed by atoms with van der Waals surface area (Å²) in [6, 6.07) is 14.3. The molecule has 0 aromatic heterocycles. The van der Waals surface area contributed by atoms with Crippen LogP contribution in [0.1, 0.15) is 44.9 Å². The first-order valence-electron chi connectivity index (χ1n) is 9.01. The largest absolute Gasteiger partial charge is 0.348 e. The highest BCUT2D eigenvalue weighted by atomic mass is 35.5. The van der Waals surface area contributed by atoms with E-state index in [0.717, 1.165) is 16.1 Å². The summed E-state index contributed by atoms with van der Waals surface area (Å²) in [4.78, 5) is 12.5. The first-order valence-corrected chi connectivity index (χ1v) is 11.2. The van der Waals surface area contributed by atoms with Gasteiger partial charge in [0, 0.05) is 0 Å². The zero-order valence-corrected chi connectivity index (χ0v) is 18.4. The average Bonchev–Trinajstić information content (AvgIpc) is 2.59. The van der Waals surface area contributed by atoms with E-state index in [1.807, 2.05) is 31.2 Å². The minimum atomic E-state index is -3.67. The standard InChI is InChI=1S/C21H27ClN2O3S/c1-15(16-10-12-17(13-11-16)21(2,3)4)23-20(25)14-24(28(5,26)27)19-9-7-6-8-18(19)22/h6-13,15H,14H2,1-5H3,(H,23,25). The number of nitrogens with zero attached hydrogens (tertiary/aromatic N) is 1. The maximum Gasteiger partial charge on any atom is 0.241 e. The molecule has 2 aromatic rings. The number of rotatable bonds is 6. The van der Waals surface area contributed by atoms with Crippen LogP contribution in [0.4, 0.5) is 5.69 Å². The van der Waals surface area contributed by atoms with Crippen LogP contribution in [0.3, 0.4) is 0 Å². The minimum Gasteiger partial charge on any atom is -0.348 e. The number of amides is 1. The highest BCUT2D eigenvalue weighted by Gasteiger charge is 2.23. The molecule has 1 unspecified atom stereocenters. The molecular weight excluding hydrogens is 396 g/mol. The average molecular weight is 423 g/mol. The quantitative estimate of drug-likeness (QED) is 0.755. The molecule has 0 saturated carbocycles. The van der Waals surface area contributed by atoms with Gasteiger partial charge in [-0.1, -0.05) is 68.8 Å². The molecule has 28 heavy (non-hydrogen) atoms. The lowest BCUT2D eigenvalue weighted by Crippen LogP contribution is -2.41. The summed E-state index contributed by atoms with van der Waals surface area (Å²) >= 11 is 6.12. The molecule has 152 valence electrons. The fourth-order valence-electron chi connectivity index (χ4n) is 2.81. The predicted molar refractivity (Wildman–Crippen MR) is 115 cm³/mol. The SMILES string of the molecule is CC(NC(=O)CN(c1ccccc1Cl)S(C)(=O)=O)c1ccc(C(C)(C)C)cc1. The third-order valence-electron chi connectivity index (χ3n) is 4.46. The van der Waals surface area contributed by atoms with Gasteiger partial charge in [-0.15, -0.1) is 0 Å². The van der Waals surface area contributed by atoms with Gasteiger partial charge in [0.05, 0.1) is 23.0 Å². The maximum atomic E-state index is 12.5. The van der Waals surface area contributed by atoms with Crippen molar-refractivity contribution in [3.63, 3.8) is 0 Å². The number of carbonyl (C=O) groups is 1. The number of benzene rings is 2. The summed E-state index contributed by atoms with van der Waals surface area (Å²) in [6.45, 7) is 7.95. The second-order valence-electron chi connectivity index (χ2n) is 7.88. The Hall–Kier alpha value is -2.05. The van der Waals surface area contributed by atoms with Crippen LogP contribution in [-0.2, 0) is 20.2 Å². The van der Waals surface area contributed by atoms with Crippen LogP contribution >= 0.6 is 11.6 Å². The fourth-order valence-corrected chi connectivity index (χ4v) is 3.96. The van der Waals surface area contributed by atoms with Crippen molar-refractivity contribution < 1.29 is 13.2 Å². The van der Waals surface area contributed by atoms with E-state index >= 15 is 0 Å². The van der Waals surface area contributed by atoms with Gasteiger partial charge in [-0.25, -0.2) is 8.42 Å². The van der Waals surface area contributed by atoms with Gasteiger partial charge in [-0.05, 0) is 35.6 Å². The van der Waals surface area contributed by atoms with E-state index in [4.69, 9.17) is 11.6 Å². The Labute approximate surface area is 172 Å². The first kappa shape index (κ1) is 22.2. The third kappa shape index (κ3) is 5.72. The van der Waals surface area contributed by atoms with Gasteiger partial charge in [-0.2, -0.15) is 0 Å². The van der Waals surface area contributed by atoms with Crippen LogP contribution in [-0.4, -0.2) is 27.1 Å². The number of halogens is 1. The van der Waals surface area contributed by atoms with E-state index in [1.165, 1.54) is 5.56 Å². The summed E-state index contributed by atoms with van der Waals surface area (Å²) in [7, 11) is -3.67. The zero-order chi connectivity index (χ0) is 21.1. The van der Waals surface area contributed by atoms with Crippen LogP contribution < -0.4 is 9.62 Å². The summed E-state index contributed by atoms with van der Waals surface area (Å²) in [5, 5.41) is 3.13. The monoisotopic (exact) mass is 422 g/mol. The molecule has 0 aliphatic heterocycles. The highest BCUT2D eigenvalue weighted by Crippen LogP contribution is 2.27. The van der Waals surface area contributed by atoms with Gasteiger partial charge in [0.25, 0.3) is 0 Å². The smallest absolute Gasteiger partial charge is 0.241 e. The number of hydrogen-bond acceptors (Lipinski definition) is 3. The van der Waals surface area contributed by atoms with Crippen molar-refractivity contribution in [1.82, 2.24) is 5.32 Å². The predicted octanol–water partition coefficient (Wildman–Crippen LogP) is 4.28. The lowest BCUT2D eigenvalue weighted by molar-refractivity contribution is -0.120. The summed E-state index contributed by atoms with van der Waals surface area (Å²) in [5.74, 6) is -0.405. The van der Waals surface area contributed by atoms with Crippen molar-refractivity contribution >= 4 is 33.2 Å². The van der Waals surface area contributed by atoms with E-state index in [1.54, 1.807) is 24.3 Å². The van der Waals surface area contributed by atoms with Crippen molar-refractivity contribution in [1.29, 1.82) is 0 Å². The first-order chi connectivity index (χ1) is 12.9. The Bertz CT molecular complexity index is 935. The Balaban J connectivity index is 2.13. The molecule has 0 radical (unpaired) electrons. The molecule has 0 heterocycles. The molecule has 7 heteroatoms. The summed E-state index contributed by atoms with van der Waals surface area (Å²) < 4.78 is 25.4. The number of nitrogens with one attached hydrogen (secondary N) is 1. The fraction of sp³-hybridized carbons (Fsp3) is 0.381. The Kier molecular flexibility index (Phi) is 6.78. The summed E-state index contributed by atoms with van der Waals surface area (Å²) in [6.07, 6.45) is 1.05. The molecule has 0 bridgehead atoms.